The number of carbonyl (C=O) groups is 1. The van der Waals surface area contributed by atoms with Gasteiger partial charge in [-0.15, -0.1) is 12.4 Å². The highest BCUT2D eigenvalue weighted by Gasteiger charge is 2.27. The zero-order valence-corrected chi connectivity index (χ0v) is 17.4. The van der Waals surface area contributed by atoms with Crippen LogP contribution in [0.5, 0.6) is 0 Å². The van der Waals surface area contributed by atoms with E-state index < -0.39 is 10.0 Å². The van der Waals surface area contributed by atoms with Gasteiger partial charge in [-0.05, 0) is 17.5 Å². The minimum absolute atomic E-state index is 0. The SMILES string of the molecule is CCc1ccc(C2CNCCN2C(=O)CCn2cc(S(N)(=O)=O)cn2)cc1.Cl. The van der Waals surface area contributed by atoms with Crippen LogP contribution < -0.4 is 10.5 Å². The van der Waals surface area contributed by atoms with E-state index in [4.69, 9.17) is 5.14 Å². The van der Waals surface area contributed by atoms with Crippen molar-refractivity contribution in [2.45, 2.75) is 37.2 Å². The second-order valence-corrected chi connectivity index (χ2v) is 8.20. The first kappa shape index (κ1) is 22.4. The number of nitrogens with two attached hydrogens (primary N) is 1. The molecule has 1 fully saturated rings. The molecule has 1 aliphatic heterocycles. The van der Waals surface area contributed by atoms with Crippen LogP contribution >= 0.6 is 12.4 Å². The molecule has 1 saturated heterocycles. The number of hydrogen-bond donors (Lipinski definition) is 2. The molecular formula is C18H26ClN5O3S. The summed E-state index contributed by atoms with van der Waals surface area (Å²) in [7, 11) is -3.78. The summed E-state index contributed by atoms with van der Waals surface area (Å²) in [5.74, 6) is 0.0220. The van der Waals surface area contributed by atoms with Gasteiger partial charge < -0.3 is 10.2 Å². The third-order valence-corrected chi connectivity index (χ3v) is 5.70. The van der Waals surface area contributed by atoms with Crippen molar-refractivity contribution in [2.75, 3.05) is 19.6 Å². The number of aromatic nitrogens is 2. The van der Waals surface area contributed by atoms with Crippen LogP contribution in [0.1, 0.15) is 30.5 Å². The van der Waals surface area contributed by atoms with Crippen LogP contribution in [-0.4, -0.2) is 48.6 Å². The average molecular weight is 428 g/mol. The van der Waals surface area contributed by atoms with Gasteiger partial charge in [0, 0.05) is 38.8 Å². The molecule has 0 aliphatic carbocycles. The summed E-state index contributed by atoms with van der Waals surface area (Å²) in [4.78, 5) is 14.6. The molecule has 1 aliphatic rings. The lowest BCUT2D eigenvalue weighted by Gasteiger charge is -2.36. The monoisotopic (exact) mass is 427 g/mol. The van der Waals surface area contributed by atoms with E-state index in [9.17, 15) is 13.2 Å². The van der Waals surface area contributed by atoms with Gasteiger partial charge in [-0.2, -0.15) is 5.10 Å². The molecule has 1 amide bonds. The maximum atomic E-state index is 12.8. The fourth-order valence-electron chi connectivity index (χ4n) is 3.24. The molecule has 1 unspecified atom stereocenters. The number of nitrogens with one attached hydrogen (secondary N) is 1. The summed E-state index contributed by atoms with van der Waals surface area (Å²) >= 11 is 0. The summed E-state index contributed by atoms with van der Waals surface area (Å²) in [6.07, 6.45) is 3.77. The van der Waals surface area contributed by atoms with Gasteiger partial charge in [0.05, 0.1) is 12.2 Å². The second-order valence-electron chi connectivity index (χ2n) is 6.64. The van der Waals surface area contributed by atoms with Gasteiger partial charge in [0.1, 0.15) is 4.90 Å². The summed E-state index contributed by atoms with van der Waals surface area (Å²) < 4.78 is 24.1. The highest BCUT2D eigenvalue weighted by atomic mass is 35.5. The Morgan fingerprint density at radius 1 is 1.32 bits per heavy atom. The van der Waals surface area contributed by atoms with E-state index in [0.29, 0.717) is 19.6 Å². The van der Waals surface area contributed by atoms with Crippen molar-refractivity contribution in [3.05, 3.63) is 47.8 Å². The Labute approximate surface area is 171 Å². The summed E-state index contributed by atoms with van der Waals surface area (Å²) in [6, 6.07) is 8.37. The van der Waals surface area contributed by atoms with Gasteiger partial charge in [-0.1, -0.05) is 31.2 Å². The average Bonchev–Trinajstić information content (AvgIpc) is 3.16. The largest absolute Gasteiger partial charge is 0.333 e. The Morgan fingerprint density at radius 2 is 2.04 bits per heavy atom. The standard InChI is InChI=1S/C18H25N5O3S.ClH/c1-2-14-3-5-15(6-4-14)17-12-20-8-10-23(17)18(24)7-9-22-13-16(11-21-22)27(19,25)26;/h3-6,11,13,17,20H,2,7-10,12H2,1H3,(H2,19,25,26);1H. The molecule has 0 saturated carbocycles. The number of nitrogens with zero attached hydrogens (tertiary/aromatic N) is 3. The fraction of sp³-hybridized carbons (Fsp3) is 0.444. The zero-order valence-electron chi connectivity index (χ0n) is 15.7. The van der Waals surface area contributed by atoms with Crippen LogP contribution in [0.25, 0.3) is 0 Å². The van der Waals surface area contributed by atoms with Crippen LogP contribution in [0.2, 0.25) is 0 Å². The molecule has 10 heteroatoms. The molecular weight excluding hydrogens is 402 g/mol. The molecule has 3 N–H and O–H groups in total. The van der Waals surface area contributed by atoms with E-state index in [-0.39, 0.29) is 35.7 Å². The van der Waals surface area contributed by atoms with Crippen LogP contribution in [0.3, 0.4) is 0 Å². The lowest BCUT2D eigenvalue weighted by atomic mass is 10.0. The van der Waals surface area contributed by atoms with Crippen LogP contribution in [0, 0.1) is 0 Å². The van der Waals surface area contributed by atoms with E-state index in [1.165, 1.54) is 22.6 Å². The molecule has 8 nitrogen and oxygen atoms in total. The van der Waals surface area contributed by atoms with Crippen LogP contribution in [-0.2, 0) is 27.8 Å². The molecule has 0 radical (unpaired) electrons. The van der Waals surface area contributed by atoms with E-state index >= 15 is 0 Å². The Morgan fingerprint density at radius 3 is 2.64 bits per heavy atom. The van der Waals surface area contributed by atoms with Crippen molar-refractivity contribution in [3.63, 3.8) is 0 Å². The van der Waals surface area contributed by atoms with E-state index in [1.807, 2.05) is 4.90 Å². The Balaban J connectivity index is 0.00000280. The maximum Gasteiger partial charge on any atom is 0.241 e. The topological polar surface area (TPSA) is 110 Å². The number of aryl methyl sites for hydroxylation is 2. The summed E-state index contributed by atoms with van der Waals surface area (Å²) in [6.45, 7) is 4.53. The van der Waals surface area contributed by atoms with E-state index in [2.05, 4.69) is 41.6 Å². The van der Waals surface area contributed by atoms with Gasteiger partial charge in [0.25, 0.3) is 0 Å². The Kier molecular flexibility index (Phi) is 7.59. The minimum atomic E-state index is -3.78. The quantitative estimate of drug-likeness (QED) is 0.716. The Bertz CT molecular complexity index is 898. The Hall–Kier alpha value is -1.94. The molecule has 28 heavy (non-hydrogen) atoms. The summed E-state index contributed by atoms with van der Waals surface area (Å²) in [5, 5.41) is 12.4. The number of amides is 1. The van der Waals surface area contributed by atoms with Crippen molar-refractivity contribution in [2.24, 2.45) is 5.14 Å². The lowest BCUT2D eigenvalue weighted by Crippen LogP contribution is -2.48. The van der Waals surface area contributed by atoms with Crippen molar-refractivity contribution in [1.29, 1.82) is 0 Å². The van der Waals surface area contributed by atoms with Gasteiger partial charge in [0.15, 0.2) is 0 Å². The third kappa shape index (κ3) is 5.32. The number of primary sulfonamides is 1. The van der Waals surface area contributed by atoms with Crippen LogP contribution in [0.15, 0.2) is 41.6 Å². The lowest BCUT2D eigenvalue weighted by molar-refractivity contribution is -0.134. The number of rotatable bonds is 6. The highest BCUT2D eigenvalue weighted by Crippen LogP contribution is 2.23. The molecule has 1 aromatic heterocycles. The number of halogens is 1. The van der Waals surface area contributed by atoms with Gasteiger partial charge in [-0.25, -0.2) is 13.6 Å². The predicted molar refractivity (Wildman–Crippen MR) is 109 cm³/mol. The first-order valence-electron chi connectivity index (χ1n) is 9.02. The summed E-state index contributed by atoms with van der Waals surface area (Å²) in [5.41, 5.74) is 2.38. The third-order valence-electron chi connectivity index (χ3n) is 4.83. The predicted octanol–water partition coefficient (Wildman–Crippen LogP) is 1.08. The molecule has 2 aromatic rings. The van der Waals surface area contributed by atoms with Crippen molar-refractivity contribution < 1.29 is 13.2 Å². The molecule has 1 aromatic carbocycles. The van der Waals surface area contributed by atoms with Crippen molar-refractivity contribution >= 4 is 28.3 Å². The molecule has 0 spiro atoms. The minimum Gasteiger partial charge on any atom is -0.333 e. The molecule has 0 bridgehead atoms. The van der Waals surface area contributed by atoms with Crippen LogP contribution in [0.4, 0.5) is 0 Å². The first-order chi connectivity index (χ1) is 12.9. The number of hydrogen-bond acceptors (Lipinski definition) is 5. The van der Waals surface area contributed by atoms with Gasteiger partial charge >= 0.3 is 0 Å². The normalized spacial score (nSPS) is 17.2. The number of carbonyl (C=O) groups excluding carboxylic acids is 1. The zero-order chi connectivity index (χ0) is 19.4. The first-order valence-corrected chi connectivity index (χ1v) is 10.6. The second kappa shape index (κ2) is 9.51. The molecule has 1 atom stereocenters. The van der Waals surface area contributed by atoms with E-state index in [1.54, 1.807) is 0 Å². The molecule has 3 rings (SSSR count). The van der Waals surface area contributed by atoms with Crippen molar-refractivity contribution in [1.82, 2.24) is 20.0 Å². The number of benzene rings is 1. The molecule has 2 heterocycles. The van der Waals surface area contributed by atoms with Gasteiger partial charge in [-0.3, -0.25) is 9.48 Å². The fourth-order valence-corrected chi connectivity index (χ4v) is 3.71. The smallest absolute Gasteiger partial charge is 0.241 e. The number of sulfonamides is 1. The van der Waals surface area contributed by atoms with Gasteiger partial charge in [0.2, 0.25) is 15.9 Å². The maximum absolute atomic E-state index is 12.8. The highest BCUT2D eigenvalue weighted by molar-refractivity contribution is 7.89. The molecule has 154 valence electrons. The van der Waals surface area contributed by atoms with Crippen molar-refractivity contribution in [3.8, 4) is 0 Å². The van der Waals surface area contributed by atoms with E-state index in [0.717, 1.165) is 18.5 Å². The number of piperazine rings is 1.